The molecule has 0 unspecified atom stereocenters. The summed E-state index contributed by atoms with van der Waals surface area (Å²) in [4.78, 5) is 22.0. The molecule has 0 saturated carbocycles. The van der Waals surface area contributed by atoms with Gasteiger partial charge in [-0.15, -0.1) is 0 Å². The fourth-order valence-corrected chi connectivity index (χ4v) is 3.55. The molecular weight excluding hydrogens is 384 g/mol. The van der Waals surface area contributed by atoms with Crippen molar-refractivity contribution in [3.63, 3.8) is 0 Å². The number of nitrogens with zero attached hydrogens (tertiary/aromatic N) is 6. The highest BCUT2D eigenvalue weighted by Gasteiger charge is 2.15. The van der Waals surface area contributed by atoms with E-state index in [2.05, 4.69) is 53.1 Å². The summed E-state index contributed by atoms with van der Waals surface area (Å²) in [5, 5.41) is 10.6. The second-order valence-electron chi connectivity index (χ2n) is 6.22. The van der Waals surface area contributed by atoms with Crippen LogP contribution in [0.25, 0.3) is 16.9 Å². The minimum atomic E-state index is 0.434. The van der Waals surface area contributed by atoms with Gasteiger partial charge in [0.1, 0.15) is 18.5 Å². The lowest BCUT2D eigenvalue weighted by atomic mass is 10.2. The third-order valence-corrected chi connectivity index (χ3v) is 4.98. The van der Waals surface area contributed by atoms with Crippen LogP contribution in [-0.4, -0.2) is 29.5 Å². The van der Waals surface area contributed by atoms with Crippen molar-refractivity contribution in [3.05, 3.63) is 77.6 Å². The normalized spacial score (nSPS) is 10.9. The zero-order valence-electron chi connectivity index (χ0n) is 15.2. The average molecular weight is 400 g/mol. The molecule has 0 aliphatic heterocycles. The van der Waals surface area contributed by atoms with Crippen molar-refractivity contribution in [1.29, 1.82) is 0 Å². The number of imidazole rings is 1. The van der Waals surface area contributed by atoms with Crippen molar-refractivity contribution in [1.82, 2.24) is 29.5 Å². The molecule has 1 aromatic carbocycles. The van der Waals surface area contributed by atoms with Gasteiger partial charge >= 0.3 is 0 Å². The van der Waals surface area contributed by atoms with Crippen LogP contribution in [-0.2, 0) is 6.54 Å². The first-order chi connectivity index (χ1) is 14.4. The topological polar surface area (TPSA) is 93.4 Å². The van der Waals surface area contributed by atoms with Crippen LogP contribution in [0.15, 0.2) is 72.1 Å². The fourth-order valence-electron chi connectivity index (χ4n) is 2.92. The molecule has 0 bridgehead atoms. The zero-order valence-corrected chi connectivity index (χ0v) is 16.0. The number of hydrogen-bond donors (Lipinski definition) is 2. The standard InChI is InChI=1S/C20H16N8S/c1-2-4-14(5-3-1)10-22-18-17-19(28(13-24-17)15-7-9-29-11-15)27-20(26-18)25-16-6-8-21-12-23-16/h1-9,11-13H,10H2,(H2,21,22,23,25,26,27). The van der Waals surface area contributed by atoms with Crippen LogP contribution in [0.4, 0.5) is 17.6 Å². The first-order valence-electron chi connectivity index (χ1n) is 8.95. The average Bonchev–Trinajstić information content (AvgIpc) is 3.43. The van der Waals surface area contributed by atoms with Gasteiger partial charge in [-0.2, -0.15) is 21.3 Å². The second kappa shape index (κ2) is 7.64. The maximum atomic E-state index is 4.68. The molecule has 0 radical (unpaired) electrons. The maximum Gasteiger partial charge on any atom is 0.232 e. The summed E-state index contributed by atoms with van der Waals surface area (Å²) in [5.41, 5.74) is 3.59. The predicted octanol–water partition coefficient (Wildman–Crippen LogP) is 4.02. The molecule has 0 atom stereocenters. The molecule has 0 fully saturated rings. The Morgan fingerprint density at radius 1 is 1.00 bits per heavy atom. The molecule has 4 heterocycles. The van der Waals surface area contributed by atoms with Crippen molar-refractivity contribution in [2.24, 2.45) is 0 Å². The first kappa shape index (κ1) is 17.3. The van der Waals surface area contributed by atoms with Crippen molar-refractivity contribution in [2.75, 3.05) is 10.6 Å². The third-order valence-electron chi connectivity index (χ3n) is 4.31. The second-order valence-corrected chi connectivity index (χ2v) is 7.00. The first-order valence-corrected chi connectivity index (χ1v) is 9.89. The number of thiophene rings is 1. The summed E-state index contributed by atoms with van der Waals surface area (Å²) in [5.74, 6) is 1.71. The Hall–Kier alpha value is -3.85. The van der Waals surface area contributed by atoms with E-state index >= 15 is 0 Å². The van der Waals surface area contributed by atoms with Gasteiger partial charge in [-0.3, -0.25) is 4.57 Å². The van der Waals surface area contributed by atoms with Crippen LogP contribution >= 0.6 is 11.3 Å². The van der Waals surface area contributed by atoms with Crippen LogP contribution in [0.3, 0.4) is 0 Å². The van der Waals surface area contributed by atoms with Crippen LogP contribution in [0.1, 0.15) is 5.56 Å². The largest absolute Gasteiger partial charge is 0.364 e. The minimum absolute atomic E-state index is 0.434. The number of rotatable bonds is 6. The van der Waals surface area contributed by atoms with E-state index in [1.54, 1.807) is 29.9 Å². The molecular formula is C20H16N8S. The highest BCUT2D eigenvalue weighted by Crippen LogP contribution is 2.25. The molecule has 5 aromatic rings. The number of hydrogen-bond acceptors (Lipinski definition) is 8. The molecule has 8 nitrogen and oxygen atoms in total. The van der Waals surface area contributed by atoms with Crippen LogP contribution in [0.5, 0.6) is 0 Å². The lowest BCUT2D eigenvalue weighted by molar-refractivity contribution is 1.06. The monoisotopic (exact) mass is 400 g/mol. The number of benzene rings is 1. The summed E-state index contributed by atoms with van der Waals surface area (Å²) in [7, 11) is 0. The smallest absolute Gasteiger partial charge is 0.232 e. The highest BCUT2D eigenvalue weighted by atomic mass is 32.1. The van der Waals surface area contributed by atoms with E-state index in [-0.39, 0.29) is 0 Å². The Morgan fingerprint density at radius 2 is 1.93 bits per heavy atom. The molecule has 0 amide bonds. The quantitative estimate of drug-likeness (QED) is 0.444. The SMILES string of the molecule is c1ccc(CNc2nc(Nc3ccncn3)nc3c2ncn3-c2ccsc2)cc1. The van der Waals surface area contributed by atoms with E-state index in [1.807, 2.05) is 34.2 Å². The highest BCUT2D eigenvalue weighted by molar-refractivity contribution is 7.08. The number of anilines is 3. The van der Waals surface area contributed by atoms with E-state index in [9.17, 15) is 0 Å². The molecule has 0 aliphatic rings. The van der Waals surface area contributed by atoms with Crippen LogP contribution < -0.4 is 10.6 Å². The summed E-state index contributed by atoms with van der Waals surface area (Å²) < 4.78 is 1.95. The molecule has 29 heavy (non-hydrogen) atoms. The Labute approximate surface area is 170 Å². The van der Waals surface area contributed by atoms with Crippen molar-refractivity contribution >= 4 is 40.1 Å². The third kappa shape index (κ3) is 3.63. The van der Waals surface area contributed by atoms with Crippen molar-refractivity contribution in [3.8, 4) is 5.69 Å². The lowest BCUT2D eigenvalue weighted by Gasteiger charge is -2.10. The Balaban J connectivity index is 1.56. The Morgan fingerprint density at radius 3 is 2.72 bits per heavy atom. The molecule has 5 rings (SSSR count). The maximum absolute atomic E-state index is 4.68. The van der Waals surface area contributed by atoms with Gasteiger partial charge in [-0.1, -0.05) is 30.3 Å². The molecule has 0 spiro atoms. The number of nitrogens with one attached hydrogen (secondary N) is 2. The molecule has 9 heteroatoms. The summed E-state index contributed by atoms with van der Waals surface area (Å²) in [6, 6.07) is 14.0. The van der Waals surface area contributed by atoms with E-state index < -0.39 is 0 Å². The van der Waals surface area contributed by atoms with E-state index in [4.69, 9.17) is 0 Å². The van der Waals surface area contributed by atoms with Gasteiger partial charge in [0.05, 0.1) is 5.69 Å². The number of fused-ring (bicyclic) bond motifs is 1. The molecule has 0 saturated heterocycles. The Kier molecular flexibility index (Phi) is 4.55. The van der Waals surface area contributed by atoms with Gasteiger partial charge in [0, 0.05) is 18.1 Å². The van der Waals surface area contributed by atoms with Crippen LogP contribution in [0.2, 0.25) is 0 Å². The van der Waals surface area contributed by atoms with Gasteiger partial charge in [0.25, 0.3) is 0 Å². The molecule has 2 N–H and O–H groups in total. The van der Waals surface area contributed by atoms with E-state index in [0.717, 1.165) is 11.3 Å². The molecule has 142 valence electrons. The number of aromatic nitrogens is 6. The minimum Gasteiger partial charge on any atom is -0.364 e. The van der Waals surface area contributed by atoms with Crippen molar-refractivity contribution in [2.45, 2.75) is 6.54 Å². The van der Waals surface area contributed by atoms with Gasteiger partial charge in [0.2, 0.25) is 5.95 Å². The Bertz CT molecular complexity index is 1220. The van der Waals surface area contributed by atoms with Crippen LogP contribution in [0, 0.1) is 0 Å². The lowest BCUT2D eigenvalue weighted by Crippen LogP contribution is -2.07. The summed E-state index contributed by atoms with van der Waals surface area (Å²) in [6.07, 6.45) is 4.91. The van der Waals surface area contributed by atoms with E-state index in [1.165, 1.54) is 6.33 Å². The summed E-state index contributed by atoms with van der Waals surface area (Å²) in [6.45, 7) is 0.630. The van der Waals surface area contributed by atoms with Gasteiger partial charge in [0.15, 0.2) is 17.0 Å². The van der Waals surface area contributed by atoms with E-state index in [0.29, 0.717) is 35.3 Å². The summed E-state index contributed by atoms with van der Waals surface area (Å²) >= 11 is 1.62. The predicted molar refractivity (Wildman–Crippen MR) is 114 cm³/mol. The fraction of sp³-hybridized carbons (Fsp3) is 0.0500. The molecule has 0 aliphatic carbocycles. The van der Waals surface area contributed by atoms with Gasteiger partial charge in [-0.25, -0.2) is 15.0 Å². The van der Waals surface area contributed by atoms with Gasteiger partial charge in [-0.05, 0) is 23.1 Å². The zero-order chi connectivity index (χ0) is 19.5. The molecule has 4 aromatic heterocycles. The van der Waals surface area contributed by atoms with Gasteiger partial charge < -0.3 is 10.6 Å². The van der Waals surface area contributed by atoms with Crippen molar-refractivity contribution < 1.29 is 0 Å².